The molecule has 1 saturated heterocycles. The largest absolute Gasteiger partial charge is 0.531 e. The molecular weight excluding hydrogens is 2070 g/mol. The Hall–Kier alpha value is -4.66. The predicted octanol–water partition coefficient (Wildman–Crippen LogP) is 18.8. The molecule has 1 aliphatic heterocycles. The van der Waals surface area contributed by atoms with E-state index >= 15 is 0 Å². The molecule has 4 rings (SSSR count). The summed E-state index contributed by atoms with van der Waals surface area (Å²) in [4.78, 5) is 163. The van der Waals surface area contributed by atoms with Crippen molar-refractivity contribution in [2.24, 2.45) is 0 Å². The Balaban J connectivity index is -0.000000813. The average molecular weight is 2250 g/mol. The number of aliphatic hydroxyl groups is 1. The molecular formula is C94H175Cl4N14O20PS7Si. The minimum absolute atomic E-state index is 0.0155. The van der Waals surface area contributed by atoms with E-state index in [1.54, 1.807) is 176 Å². The molecule has 0 aromatic carbocycles. The molecule has 1 aliphatic rings. The molecule has 0 radical (unpaired) electrons. The lowest BCUT2D eigenvalue weighted by Crippen LogP contribution is -2.52. The summed E-state index contributed by atoms with van der Waals surface area (Å²) in [5.41, 5.74) is -4.33. The van der Waals surface area contributed by atoms with Crippen molar-refractivity contribution in [3.05, 3.63) is 83.3 Å². The molecule has 1 fully saturated rings. The quantitative estimate of drug-likeness (QED) is 0.00478. The Morgan fingerprint density at radius 1 is 0.553 bits per heavy atom. The number of hydrogen-bond donors (Lipinski definition) is 10. The summed E-state index contributed by atoms with van der Waals surface area (Å²) in [5, 5.41) is 30.8. The number of aryl methyl sites for hydroxylation is 3. The van der Waals surface area contributed by atoms with Crippen LogP contribution in [0.25, 0.3) is 0 Å². The molecule has 0 saturated carbocycles. The van der Waals surface area contributed by atoms with Crippen molar-refractivity contribution in [3.63, 3.8) is 0 Å². The van der Waals surface area contributed by atoms with Crippen molar-refractivity contribution < 1.29 is 79.4 Å². The fourth-order valence-corrected chi connectivity index (χ4v) is 22.3. The highest BCUT2D eigenvalue weighted by atomic mass is 35.5. The number of aliphatic hydroxyl groups excluding tert-OH is 1. The van der Waals surface area contributed by atoms with Crippen LogP contribution >= 0.6 is 132 Å². The van der Waals surface area contributed by atoms with Crippen LogP contribution in [0.2, 0.25) is 19.6 Å². The van der Waals surface area contributed by atoms with Crippen LogP contribution in [0, 0.1) is 20.8 Å². The molecule has 7 amide bonds. The van der Waals surface area contributed by atoms with Gasteiger partial charge in [-0.15, -0.1) is 54.3 Å². The number of halogens is 4. The van der Waals surface area contributed by atoms with Crippen molar-refractivity contribution in [1.82, 2.24) is 70.4 Å². The topological polar surface area (TPSA) is 438 Å². The molecule has 5 atom stereocenters. The van der Waals surface area contributed by atoms with Crippen LogP contribution < -0.4 is 53.5 Å². The fraction of sp³-hybridized carbons (Fsp3) is 0.787. The maximum atomic E-state index is 13.3. The van der Waals surface area contributed by atoms with Crippen LogP contribution in [0.4, 0.5) is 19.2 Å². The molecule has 5 unspecified atom stereocenters. The van der Waals surface area contributed by atoms with Gasteiger partial charge in [0.05, 0.1) is 0 Å². The first kappa shape index (κ1) is 138. The number of carbonyl (C=O) groups is 8. The molecule has 4 heterocycles. The highest BCUT2D eigenvalue weighted by molar-refractivity contribution is 8.77. The summed E-state index contributed by atoms with van der Waals surface area (Å²) in [6.07, 6.45) is 16.3. The second kappa shape index (κ2) is 75.9. The van der Waals surface area contributed by atoms with Gasteiger partial charge in [-0.3, -0.25) is 43.1 Å². The molecule has 3 aromatic rings. The number of carboxylic acid groups (broad SMARTS) is 1. The SMILES string of the molecule is CC(C)(C)OC(=O)NC(CSSC(C)(C)C)C(=O)N(CCCl)CCCl.CC(C)(C)OC(=O)NC(CSSC(C)(C)C)C(=O)O.CCCCP(CCCC)CCCC.Cc1cn(CCN(CCn2cc(C)c(=O)[nH]c2=O)C(=O)C(CS)NC(=O)OC(C)(C)C)c(=O)[nH]c1=O.Cc1nccc(O[Si](C)(C)C)n1.ClCCNCCCl.OC1CCCO1.[3H]CCN(CC[3H])C(=O)C(CSSC(C)(C)C)NC(=O)OC(C)(C)C. The molecule has 47 heteroatoms. The summed E-state index contributed by atoms with van der Waals surface area (Å²) in [5.74, 6) is 2.43. The molecule has 34 nitrogen and oxygen atoms in total. The number of likely N-dealkylation sites (N-methyl/N-ethyl adjacent to an activating group) is 1. The van der Waals surface area contributed by atoms with Gasteiger partial charge in [-0.1, -0.05) is 167 Å². The van der Waals surface area contributed by atoms with E-state index in [1.165, 1.54) is 91.4 Å². The number of ether oxygens (including phenoxy) is 5. The number of carboxylic acids is 1. The van der Waals surface area contributed by atoms with Gasteiger partial charge in [-0.2, -0.15) is 17.6 Å². The first-order valence-corrected chi connectivity index (χ1v) is 62.3. The molecule has 9 N–H and O–H groups in total. The molecule has 141 heavy (non-hydrogen) atoms. The first-order chi connectivity index (χ1) is 66.0. The van der Waals surface area contributed by atoms with E-state index in [2.05, 4.69) is 141 Å². The first-order valence-electron chi connectivity index (χ1n) is 48.7. The number of alkyl carbamates (subject to hydrolysis) is 4. The van der Waals surface area contributed by atoms with E-state index in [1.807, 2.05) is 27.7 Å². The van der Waals surface area contributed by atoms with Crippen molar-refractivity contribution in [3.8, 4) is 5.88 Å². The fourth-order valence-electron chi connectivity index (χ4n) is 10.3. The number of aliphatic carboxylic acids is 1. The monoisotopic (exact) mass is 2250 g/mol. The van der Waals surface area contributed by atoms with E-state index in [9.17, 15) is 57.5 Å². The summed E-state index contributed by atoms with van der Waals surface area (Å²) in [6.45, 7) is 61.7. The summed E-state index contributed by atoms with van der Waals surface area (Å²) in [6, 6.07) is -1.64. The van der Waals surface area contributed by atoms with E-state index in [0.29, 0.717) is 73.0 Å². The number of thiol groups is 1. The zero-order valence-electron chi connectivity index (χ0n) is 91.6. The highest BCUT2D eigenvalue weighted by Gasteiger charge is 2.33. The van der Waals surface area contributed by atoms with Crippen LogP contribution in [0.3, 0.4) is 0 Å². The minimum atomic E-state index is -1.51. The van der Waals surface area contributed by atoms with Crippen LogP contribution in [-0.4, -0.2) is 301 Å². The number of hydrogen-bond acceptors (Lipinski definition) is 29. The number of nitrogens with one attached hydrogen (secondary N) is 7. The standard InChI is InChI=1S/C22H32N6O7S.C16H30Cl2N2O3S2.C16H32N2O3S2.C12H23NO4S2.C12H27P.C8H14N2OSi.C4H9Cl2N.C4H8O2/c1-13-10-27(19(32)24-16(13)29)8-6-26(7-9-28-11-14(2)17(30)25-20(28)33)18(31)15(12-36)23-21(34)35-22(3,4)5;1-15(2,3)23-14(22)19-12(11-24-25-16(4,5)6)13(21)20(9-7-17)10-8-18;1-9-18(10-2)13(19)12(11-22-23-16(6,7)8)17-14(20)21-15(3,4)5;1-11(2,3)17-10(16)13-8(9(14)15)7-18-19-12(4,5)6;1-4-7-10-13(11-8-5-2)12-9-6-3;1-7-9-6-5-8(10-7)11-12(2,3)4;5-1-3-7-4-2-6;5-4-2-1-3-6-4/h10-11,15,36H,6-9,12H2,1-5H3,(H,23,34)(H,24,29,32)(H,25,30,33);12H,7-11H2,1-6H3,(H,19,22);12H,9-11H2,1-8H3,(H,17,20);8H,7H2,1-6H3,(H,13,16)(H,14,15);4-12H2,1-3H3;5-6H,1-4H3;7H,1-4H2;4-5H,1-3H2/i;;1T,2T;;;;;. The van der Waals surface area contributed by atoms with E-state index < -0.39 is 120 Å². The van der Waals surface area contributed by atoms with Crippen molar-refractivity contribution in [2.45, 2.75) is 352 Å². The summed E-state index contributed by atoms with van der Waals surface area (Å²) < 4.78 is 48.5. The van der Waals surface area contributed by atoms with Crippen LogP contribution in [0.5, 0.6) is 5.88 Å². The lowest BCUT2D eigenvalue weighted by atomic mass is 10.2. The van der Waals surface area contributed by atoms with Gasteiger partial charge in [0, 0.05) is 178 Å². The molecule has 3 aromatic heterocycles. The maximum Gasteiger partial charge on any atom is 0.408 e. The molecule has 0 bridgehead atoms. The molecule has 0 aliphatic carbocycles. The van der Waals surface area contributed by atoms with Gasteiger partial charge in [0.15, 0.2) is 6.29 Å². The number of nitrogens with zero attached hydrogens (tertiary/aromatic N) is 7. The predicted molar refractivity (Wildman–Crippen MR) is 601 cm³/mol. The third-order valence-electron chi connectivity index (χ3n) is 16.6. The third kappa shape index (κ3) is 81.0. The van der Waals surface area contributed by atoms with Gasteiger partial charge in [0.25, 0.3) is 11.1 Å². The third-order valence-corrected chi connectivity index (χ3v) is 31.4. The van der Waals surface area contributed by atoms with Crippen LogP contribution in [0.15, 0.2) is 43.8 Å². The van der Waals surface area contributed by atoms with Gasteiger partial charge >= 0.3 is 41.7 Å². The van der Waals surface area contributed by atoms with E-state index in [-0.39, 0.29) is 90.6 Å². The second-order valence-corrected chi connectivity index (χ2v) is 58.3. The minimum Gasteiger partial charge on any atom is -0.531 e. The Morgan fingerprint density at radius 2 is 0.894 bits per heavy atom. The zero-order valence-corrected chi connectivity index (χ0v) is 100. The van der Waals surface area contributed by atoms with Gasteiger partial charge in [-0.05, 0) is 181 Å². The van der Waals surface area contributed by atoms with E-state index in [4.69, 9.17) is 87.5 Å². The number of rotatable bonds is 45. The Labute approximate surface area is 896 Å². The number of H-pyrrole nitrogens is 2. The zero-order chi connectivity index (χ0) is 111. The number of amides is 7. The van der Waals surface area contributed by atoms with Crippen molar-refractivity contribution in [1.29, 1.82) is 0 Å². The Bertz CT molecular complexity index is 4120. The second-order valence-electron chi connectivity index (χ2n) is 39.8. The number of aromatic amines is 2. The lowest BCUT2D eigenvalue weighted by molar-refractivity contribution is -0.139. The number of carbonyl (C=O) groups excluding carboxylic acids is 7. The van der Waals surface area contributed by atoms with Gasteiger partial charge in [0.2, 0.25) is 31.9 Å². The maximum absolute atomic E-state index is 13.3. The summed E-state index contributed by atoms with van der Waals surface area (Å²) in [7, 11) is 8.27. The van der Waals surface area contributed by atoms with Crippen LogP contribution in [-0.2, 0) is 56.0 Å². The summed E-state index contributed by atoms with van der Waals surface area (Å²) >= 11 is 26.4. The highest BCUT2D eigenvalue weighted by Crippen LogP contribution is 2.40. The molecule has 820 valence electrons. The number of alkyl halides is 4. The van der Waals surface area contributed by atoms with Crippen LogP contribution in [0.1, 0.15) is 251 Å². The van der Waals surface area contributed by atoms with Gasteiger partial charge < -0.3 is 79.6 Å². The number of unbranched alkanes of at least 4 members (excludes halogenated alkanes) is 3. The van der Waals surface area contributed by atoms with Gasteiger partial charge in [0.1, 0.15) is 52.4 Å². The normalized spacial score (nSPS) is 13.6. The Morgan fingerprint density at radius 3 is 1.18 bits per heavy atom. The smallest absolute Gasteiger partial charge is 0.408 e. The molecule has 0 spiro atoms. The average Bonchev–Trinajstić information content (AvgIpc) is 0.989. The van der Waals surface area contributed by atoms with E-state index in [0.717, 1.165) is 38.4 Å². The van der Waals surface area contributed by atoms with Crippen molar-refractivity contribution in [2.75, 3.05) is 124 Å². The Kier molecular flexibility index (Phi) is 74.5. The van der Waals surface area contributed by atoms with Gasteiger partial charge in [-0.25, -0.2) is 38.5 Å². The van der Waals surface area contributed by atoms with Crippen molar-refractivity contribution >= 4 is 188 Å². The number of aromatic nitrogens is 6. The lowest BCUT2D eigenvalue weighted by Gasteiger charge is -2.28.